The van der Waals surface area contributed by atoms with Crippen LogP contribution >= 0.6 is 11.6 Å². The van der Waals surface area contributed by atoms with Gasteiger partial charge in [0.1, 0.15) is 5.82 Å². The van der Waals surface area contributed by atoms with Gasteiger partial charge in [0, 0.05) is 11.4 Å². The van der Waals surface area contributed by atoms with Gasteiger partial charge >= 0.3 is 0 Å². The highest BCUT2D eigenvalue weighted by Crippen LogP contribution is 2.14. The maximum Gasteiger partial charge on any atom is 0.160 e. The molecular formula is C12H12ClFO. The maximum atomic E-state index is 12.9. The van der Waals surface area contributed by atoms with Crippen LogP contribution in [0.2, 0.25) is 0 Å². The second kappa shape index (κ2) is 5.66. The van der Waals surface area contributed by atoms with Crippen molar-refractivity contribution in [2.45, 2.75) is 13.3 Å². The number of halogens is 2. The zero-order chi connectivity index (χ0) is 11.3. The Kier molecular flexibility index (Phi) is 4.50. The van der Waals surface area contributed by atoms with Crippen LogP contribution in [0.5, 0.6) is 0 Å². The maximum absolute atomic E-state index is 12.9. The quantitative estimate of drug-likeness (QED) is 0.566. The summed E-state index contributed by atoms with van der Waals surface area (Å²) < 4.78 is 12.9. The highest BCUT2D eigenvalue weighted by Gasteiger charge is 2.05. The lowest BCUT2D eigenvalue weighted by Gasteiger charge is -2.01. The zero-order valence-corrected chi connectivity index (χ0v) is 9.22. The summed E-state index contributed by atoms with van der Waals surface area (Å²) in [7, 11) is 0. The standard InChI is InChI=1S/C12H12ClFO/c1-9(15)12-6-5-11(14)8-10(12)4-2-3-7-13/h2,4-6,8H,3,7H2,1H3. The molecular weight excluding hydrogens is 215 g/mol. The van der Waals surface area contributed by atoms with E-state index in [0.717, 1.165) is 0 Å². The van der Waals surface area contributed by atoms with E-state index in [1.807, 2.05) is 6.08 Å². The van der Waals surface area contributed by atoms with Gasteiger partial charge in [0.15, 0.2) is 5.78 Å². The second-order valence-electron chi connectivity index (χ2n) is 3.17. The molecule has 0 N–H and O–H groups in total. The lowest BCUT2D eigenvalue weighted by molar-refractivity contribution is 0.101. The van der Waals surface area contributed by atoms with Crippen LogP contribution in [0.15, 0.2) is 24.3 Å². The van der Waals surface area contributed by atoms with Crippen LogP contribution in [-0.4, -0.2) is 11.7 Å². The van der Waals surface area contributed by atoms with E-state index in [2.05, 4.69) is 0 Å². The fourth-order valence-corrected chi connectivity index (χ4v) is 1.39. The molecule has 0 radical (unpaired) electrons. The van der Waals surface area contributed by atoms with Crippen molar-refractivity contribution in [2.24, 2.45) is 0 Å². The van der Waals surface area contributed by atoms with E-state index in [1.165, 1.54) is 25.1 Å². The van der Waals surface area contributed by atoms with Gasteiger partial charge in [-0.2, -0.15) is 0 Å². The molecule has 3 heteroatoms. The lowest BCUT2D eigenvalue weighted by Crippen LogP contribution is -1.96. The van der Waals surface area contributed by atoms with Gasteiger partial charge in [-0.25, -0.2) is 4.39 Å². The van der Waals surface area contributed by atoms with Gasteiger partial charge in [-0.15, -0.1) is 11.6 Å². The molecule has 0 atom stereocenters. The molecule has 0 amide bonds. The van der Waals surface area contributed by atoms with Crippen LogP contribution in [0.25, 0.3) is 6.08 Å². The van der Waals surface area contributed by atoms with E-state index in [0.29, 0.717) is 23.4 Å². The molecule has 0 fully saturated rings. The van der Waals surface area contributed by atoms with Crippen LogP contribution in [0.1, 0.15) is 29.3 Å². The van der Waals surface area contributed by atoms with Crippen LogP contribution in [0, 0.1) is 5.82 Å². The summed E-state index contributed by atoms with van der Waals surface area (Å²) in [6, 6.07) is 4.13. The zero-order valence-electron chi connectivity index (χ0n) is 8.47. The molecule has 1 aromatic rings. The minimum atomic E-state index is -0.342. The molecule has 1 rings (SSSR count). The fraction of sp³-hybridized carbons (Fsp3) is 0.250. The number of alkyl halides is 1. The molecule has 0 aromatic heterocycles. The molecule has 0 saturated carbocycles. The van der Waals surface area contributed by atoms with Crippen molar-refractivity contribution in [1.29, 1.82) is 0 Å². The average Bonchev–Trinajstić information content (AvgIpc) is 2.18. The third-order valence-corrected chi connectivity index (χ3v) is 2.18. The molecule has 0 aliphatic rings. The Morgan fingerprint density at radius 1 is 1.53 bits per heavy atom. The molecule has 0 unspecified atom stereocenters. The Hall–Kier alpha value is -1.15. The topological polar surface area (TPSA) is 17.1 Å². The summed E-state index contributed by atoms with van der Waals surface area (Å²) in [5.74, 6) is 0.104. The predicted octanol–water partition coefficient (Wildman–Crippen LogP) is 3.67. The minimum absolute atomic E-state index is 0.0690. The molecule has 0 spiro atoms. The minimum Gasteiger partial charge on any atom is -0.294 e. The Morgan fingerprint density at radius 3 is 2.87 bits per heavy atom. The fourth-order valence-electron chi connectivity index (χ4n) is 1.27. The van der Waals surface area contributed by atoms with Crippen LogP contribution in [0.3, 0.4) is 0 Å². The van der Waals surface area contributed by atoms with Crippen LogP contribution < -0.4 is 0 Å². The van der Waals surface area contributed by atoms with E-state index < -0.39 is 0 Å². The molecule has 0 aliphatic heterocycles. The largest absolute Gasteiger partial charge is 0.294 e. The smallest absolute Gasteiger partial charge is 0.160 e. The number of rotatable bonds is 4. The summed E-state index contributed by atoms with van der Waals surface area (Å²) in [6.45, 7) is 1.46. The number of allylic oxidation sites excluding steroid dienone is 1. The number of benzene rings is 1. The number of ketones is 1. The van der Waals surface area contributed by atoms with E-state index >= 15 is 0 Å². The van der Waals surface area contributed by atoms with E-state index in [9.17, 15) is 9.18 Å². The third-order valence-electron chi connectivity index (χ3n) is 1.97. The van der Waals surface area contributed by atoms with Gasteiger partial charge in [-0.3, -0.25) is 4.79 Å². The molecule has 80 valence electrons. The molecule has 15 heavy (non-hydrogen) atoms. The van der Waals surface area contributed by atoms with Crippen molar-refractivity contribution in [3.8, 4) is 0 Å². The van der Waals surface area contributed by atoms with Crippen molar-refractivity contribution < 1.29 is 9.18 Å². The Balaban J connectivity index is 3.02. The highest BCUT2D eigenvalue weighted by atomic mass is 35.5. The SMILES string of the molecule is CC(=O)c1ccc(F)cc1C=CCCCl. The van der Waals surface area contributed by atoms with E-state index in [1.54, 1.807) is 6.08 Å². The molecule has 1 nitrogen and oxygen atoms in total. The van der Waals surface area contributed by atoms with Crippen molar-refractivity contribution in [2.75, 3.05) is 5.88 Å². The van der Waals surface area contributed by atoms with Crippen molar-refractivity contribution in [3.05, 3.63) is 41.2 Å². The molecule has 1 aromatic carbocycles. The third kappa shape index (κ3) is 3.48. The van der Waals surface area contributed by atoms with Gasteiger partial charge < -0.3 is 0 Å². The summed E-state index contributed by atoms with van der Waals surface area (Å²) in [6.07, 6.45) is 4.26. The Bertz CT molecular complexity index is 385. The Morgan fingerprint density at radius 2 is 2.27 bits per heavy atom. The second-order valence-corrected chi connectivity index (χ2v) is 3.55. The van der Waals surface area contributed by atoms with Crippen molar-refractivity contribution in [1.82, 2.24) is 0 Å². The summed E-state index contributed by atoms with van der Waals surface area (Å²) in [5, 5.41) is 0. The number of hydrogen-bond donors (Lipinski definition) is 0. The summed E-state index contributed by atoms with van der Waals surface area (Å²) in [5.41, 5.74) is 1.13. The first-order valence-corrected chi connectivity index (χ1v) is 5.21. The first kappa shape index (κ1) is 11.9. The number of hydrogen-bond acceptors (Lipinski definition) is 1. The van der Waals surface area contributed by atoms with Gasteiger partial charge in [-0.05, 0) is 37.1 Å². The summed E-state index contributed by atoms with van der Waals surface area (Å²) >= 11 is 5.51. The van der Waals surface area contributed by atoms with Crippen molar-refractivity contribution >= 4 is 23.5 Å². The highest BCUT2D eigenvalue weighted by molar-refractivity contribution is 6.17. The molecule has 0 bridgehead atoms. The number of carbonyl (C=O) groups excluding carboxylic acids is 1. The predicted molar refractivity (Wildman–Crippen MR) is 60.8 cm³/mol. The van der Waals surface area contributed by atoms with Crippen LogP contribution in [0.4, 0.5) is 4.39 Å². The summed E-state index contributed by atoms with van der Waals surface area (Å²) in [4.78, 5) is 11.2. The number of Topliss-reactive ketones (excluding diaryl/α,β-unsaturated/α-hetero) is 1. The lowest BCUT2D eigenvalue weighted by atomic mass is 10.0. The van der Waals surface area contributed by atoms with Gasteiger partial charge in [-0.1, -0.05) is 12.2 Å². The van der Waals surface area contributed by atoms with Gasteiger partial charge in [0.25, 0.3) is 0 Å². The molecule has 0 heterocycles. The van der Waals surface area contributed by atoms with Gasteiger partial charge in [0.05, 0.1) is 0 Å². The molecule has 0 aliphatic carbocycles. The Labute approximate surface area is 93.6 Å². The molecule has 0 saturated heterocycles. The van der Waals surface area contributed by atoms with Crippen LogP contribution in [-0.2, 0) is 0 Å². The van der Waals surface area contributed by atoms with E-state index in [4.69, 9.17) is 11.6 Å². The number of carbonyl (C=O) groups is 1. The monoisotopic (exact) mass is 226 g/mol. The van der Waals surface area contributed by atoms with Crippen molar-refractivity contribution in [3.63, 3.8) is 0 Å². The first-order chi connectivity index (χ1) is 7.15. The van der Waals surface area contributed by atoms with E-state index in [-0.39, 0.29) is 11.6 Å². The first-order valence-electron chi connectivity index (χ1n) is 4.68. The average molecular weight is 227 g/mol. The van der Waals surface area contributed by atoms with Gasteiger partial charge in [0.2, 0.25) is 0 Å². The normalized spacial score (nSPS) is 10.9.